The summed E-state index contributed by atoms with van der Waals surface area (Å²) in [6.07, 6.45) is 2.94. The summed E-state index contributed by atoms with van der Waals surface area (Å²) in [5.41, 5.74) is 0.141. The summed E-state index contributed by atoms with van der Waals surface area (Å²) in [5, 5.41) is 5.59. The Morgan fingerprint density at radius 2 is 1.89 bits per heavy atom. The Kier molecular flexibility index (Phi) is 3.89. The van der Waals surface area contributed by atoms with Crippen molar-refractivity contribution < 1.29 is 8.78 Å². The van der Waals surface area contributed by atoms with Crippen LogP contribution < -0.4 is 10.6 Å². The molecule has 6 heteroatoms. The molecule has 2 N–H and O–H groups in total. The van der Waals surface area contributed by atoms with Crippen LogP contribution in [-0.4, -0.2) is 16.5 Å². The van der Waals surface area contributed by atoms with Crippen molar-refractivity contribution in [2.75, 3.05) is 17.2 Å². The summed E-state index contributed by atoms with van der Waals surface area (Å²) < 4.78 is 27.4. The topological polar surface area (TPSA) is 49.8 Å². The first-order chi connectivity index (χ1) is 9.11. The molecule has 0 aliphatic carbocycles. The van der Waals surface area contributed by atoms with Gasteiger partial charge in [-0.15, -0.1) is 0 Å². The van der Waals surface area contributed by atoms with E-state index in [4.69, 9.17) is 0 Å². The maximum Gasteiger partial charge on any atom is 0.152 e. The van der Waals surface area contributed by atoms with E-state index in [1.807, 2.05) is 6.92 Å². The highest BCUT2D eigenvalue weighted by molar-refractivity contribution is 5.59. The Bertz CT molecular complexity index is 587. The van der Waals surface area contributed by atoms with Gasteiger partial charge in [0, 0.05) is 6.54 Å². The monoisotopic (exact) mass is 264 g/mol. The van der Waals surface area contributed by atoms with Gasteiger partial charge in [-0.1, -0.05) is 6.07 Å². The van der Waals surface area contributed by atoms with Crippen LogP contribution in [-0.2, 0) is 0 Å². The molecule has 0 unspecified atom stereocenters. The third-order valence-corrected chi connectivity index (χ3v) is 2.53. The molecule has 0 atom stereocenters. The molecule has 19 heavy (non-hydrogen) atoms. The van der Waals surface area contributed by atoms with Crippen LogP contribution in [0.25, 0.3) is 0 Å². The van der Waals surface area contributed by atoms with Gasteiger partial charge in [0.05, 0.1) is 12.4 Å². The zero-order valence-electron chi connectivity index (χ0n) is 10.7. The zero-order valence-corrected chi connectivity index (χ0v) is 10.7. The summed E-state index contributed by atoms with van der Waals surface area (Å²) in [6, 6.07) is 2.60. The molecule has 1 aromatic heterocycles. The number of aromatic nitrogens is 2. The number of nitrogens with one attached hydrogen (secondary N) is 2. The van der Waals surface area contributed by atoms with E-state index in [0.29, 0.717) is 17.9 Å². The largest absolute Gasteiger partial charge is 0.369 e. The summed E-state index contributed by atoms with van der Waals surface area (Å²) in [6.45, 7) is 4.17. The van der Waals surface area contributed by atoms with E-state index in [1.54, 1.807) is 6.92 Å². The predicted octanol–water partition coefficient (Wildman–Crippen LogP) is 3.24. The number of hydrogen-bond acceptors (Lipinski definition) is 4. The van der Waals surface area contributed by atoms with Gasteiger partial charge in [0.25, 0.3) is 0 Å². The summed E-state index contributed by atoms with van der Waals surface area (Å²) in [4.78, 5) is 8.10. The van der Waals surface area contributed by atoms with Crippen molar-refractivity contribution in [3.63, 3.8) is 0 Å². The smallest absolute Gasteiger partial charge is 0.152 e. The van der Waals surface area contributed by atoms with Crippen molar-refractivity contribution in [3.05, 3.63) is 41.7 Å². The third-order valence-electron chi connectivity index (χ3n) is 2.53. The van der Waals surface area contributed by atoms with E-state index in [1.165, 1.54) is 24.5 Å². The highest BCUT2D eigenvalue weighted by atomic mass is 19.1. The minimum atomic E-state index is -0.668. The average Bonchev–Trinajstić information content (AvgIpc) is 2.40. The van der Waals surface area contributed by atoms with Crippen LogP contribution in [0.5, 0.6) is 0 Å². The summed E-state index contributed by atoms with van der Waals surface area (Å²) in [5.74, 6) is -0.475. The van der Waals surface area contributed by atoms with E-state index < -0.39 is 11.6 Å². The summed E-state index contributed by atoms with van der Waals surface area (Å²) in [7, 11) is 0. The Morgan fingerprint density at radius 3 is 2.63 bits per heavy atom. The first kappa shape index (κ1) is 13.2. The fourth-order valence-corrected chi connectivity index (χ4v) is 1.59. The quantitative estimate of drug-likeness (QED) is 0.890. The third kappa shape index (κ3) is 2.96. The number of rotatable bonds is 4. The highest BCUT2D eigenvalue weighted by Gasteiger charge is 2.12. The molecule has 0 fully saturated rings. The van der Waals surface area contributed by atoms with Crippen molar-refractivity contribution >= 4 is 17.3 Å². The Morgan fingerprint density at radius 1 is 1.16 bits per heavy atom. The van der Waals surface area contributed by atoms with Crippen LogP contribution in [0.1, 0.15) is 12.5 Å². The molecule has 0 aliphatic rings. The molecule has 0 saturated carbocycles. The average molecular weight is 264 g/mol. The Balaban J connectivity index is 2.31. The first-order valence-corrected chi connectivity index (χ1v) is 5.89. The number of anilines is 3. The normalized spacial score (nSPS) is 10.3. The van der Waals surface area contributed by atoms with Gasteiger partial charge in [-0.25, -0.2) is 13.8 Å². The van der Waals surface area contributed by atoms with Crippen LogP contribution in [0, 0.1) is 18.6 Å². The molecule has 100 valence electrons. The SMILES string of the molecule is CCNc1cncc(Nc2c(F)ccc(C)c2F)n1. The highest BCUT2D eigenvalue weighted by Crippen LogP contribution is 2.24. The van der Waals surface area contributed by atoms with Gasteiger partial charge in [0.2, 0.25) is 0 Å². The fourth-order valence-electron chi connectivity index (χ4n) is 1.59. The van der Waals surface area contributed by atoms with Crippen molar-refractivity contribution in [2.24, 2.45) is 0 Å². The summed E-state index contributed by atoms with van der Waals surface area (Å²) >= 11 is 0. The van der Waals surface area contributed by atoms with Gasteiger partial charge in [-0.2, -0.15) is 0 Å². The van der Waals surface area contributed by atoms with Crippen LogP contribution in [0.15, 0.2) is 24.5 Å². The molecular formula is C13H14F2N4. The maximum absolute atomic E-state index is 13.8. The fraction of sp³-hybridized carbons (Fsp3) is 0.231. The van der Waals surface area contributed by atoms with Crippen molar-refractivity contribution in [2.45, 2.75) is 13.8 Å². The molecule has 0 spiro atoms. The lowest BCUT2D eigenvalue weighted by molar-refractivity contribution is 0.584. The van der Waals surface area contributed by atoms with Gasteiger partial charge in [-0.3, -0.25) is 4.98 Å². The molecule has 0 bridgehead atoms. The molecule has 2 rings (SSSR count). The Labute approximate surface area is 109 Å². The van der Waals surface area contributed by atoms with Crippen LogP contribution in [0.2, 0.25) is 0 Å². The van der Waals surface area contributed by atoms with Crippen LogP contribution >= 0.6 is 0 Å². The van der Waals surface area contributed by atoms with Crippen molar-refractivity contribution in [1.29, 1.82) is 0 Å². The van der Waals surface area contributed by atoms with Crippen LogP contribution in [0.3, 0.4) is 0 Å². The molecule has 0 radical (unpaired) electrons. The number of halogens is 2. The number of aryl methyl sites for hydroxylation is 1. The molecule has 0 saturated heterocycles. The molecule has 1 heterocycles. The second-order valence-corrected chi connectivity index (χ2v) is 4.00. The number of hydrogen-bond donors (Lipinski definition) is 2. The van der Waals surface area contributed by atoms with E-state index >= 15 is 0 Å². The second kappa shape index (κ2) is 5.60. The first-order valence-electron chi connectivity index (χ1n) is 5.89. The molecular weight excluding hydrogens is 250 g/mol. The zero-order chi connectivity index (χ0) is 13.8. The van der Waals surface area contributed by atoms with E-state index in [-0.39, 0.29) is 11.5 Å². The van der Waals surface area contributed by atoms with E-state index in [9.17, 15) is 8.78 Å². The minimum Gasteiger partial charge on any atom is -0.369 e. The van der Waals surface area contributed by atoms with Gasteiger partial charge in [0.15, 0.2) is 11.6 Å². The number of nitrogens with zero attached hydrogens (tertiary/aromatic N) is 2. The molecule has 0 aliphatic heterocycles. The van der Waals surface area contributed by atoms with Crippen molar-refractivity contribution in [1.82, 2.24) is 9.97 Å². The van der Waals surface area contributed by atoms with Crippen LogP contribution in [0.4, 0.5) is 26.1 Å². The second-order valence-electron chi connectivity index (χ2n) is 4.00. The molecule has 2 aromatic rings. The van der Waals surface area contributed by atoms with Gasteiger partial charge in [0.1, 0.15) is 17.3 Å². The lowest BCUT2D eigenvalue weighted by atomic mass is 10.2. The van der Waals surface area contributed by atoms with E-state index in [2.05, 4.69) is 20.6 Å². The number of benzene rings is 1. The lowest BCUT2D eigenvalue weighted by Crippen LogP contribution is -2.04. The van der Waals surface area contributed by atoms with Gasteiger partial charge in [-0.05, 0) is 25.5 Å². The molecule has 0 amide bonds. The maximum atomic E-state index is 13.8. The van der Waals surface area contributed by atoms with Gasteiger partial charge < -0.3 is 10.6 Å². The Hall–Kier alpha value is -2.24. The van der Waals surface area contributed by atoms with Crippen molar-refractivity contribution in [3.8, 4) is 0 Å². The molecule has 1 aromatic carbocycles. The van der Waals surface area contributed by atoms with E-state index in [0.717, 1.165) is 0 Å². The lowest BCUT2D eigenvalue weighted by Gasteiger charge is -2.10. The standard InChI is InChI=1S/C13H14F2N4/c1-3-17-10-6-16-7-11(18-10)19-13-9(14)5-4-8(2)12(13)15/h4-7H,3H2,1-2H3,(H2,17,18,19). The molecule has 4 nitrogen and oxygen atoms in total. The van der Waals surface area contributed by atoms with Gasteiger partial charge >= 0.3 is 0 Å². The minimum absolute atomic E-state index is 0.219. The predicted molar refractivity (Wildman–Crippen MR) is 70.6 cm³/mol.